The summed E-state index contributed by atoms with van der Waals surface area (Å²) in [5, 5.41) is 0.855. The van der Waals surface area contributed by atoms with Crippen molar-refractivity contribution < 1.29 is 17.9 Å². The third-order valence-electron chi connectivity index (χ3n) is 5.34. The summed E-state index contributed by atoms with van der Waals surface area (Å²) in [5.41, 5.74) is 1.09. The standard InChI is InChI=1S/C22H26Cl2N2O4S/c1-25(15-16-7-9-18(23)19(24)13-16)22(27)17-8-10-20(30-2)21(14-17)31(28,29)26-11-5-3-4-6-12-26/h7-10,13-14H,3-6,11-12,15H2,1-2H3. The van der Waals surface area contributed by atoms with Gasteiger partial charge in [-0.15, -0.1) is 0 Å². The Kier molecular flexibility index (Phi) is 7.86. The van der Waals surface area contributed by atoms with Crippen LogP contribution in [-0.2, 0) is 16.6 Å². The van der Waals surface area contributed by atoms with E-state index in [2.05, 4.69) is 0 Å². The molecule has 31 heavy (non-hydrogen) atoms. The molecule has 0 spiro atoms. The smallest absolute Gasteiger partial charge is 0.253 e. The number of hydrogen-bond donors (Lipinski definition) is 0. The second kappa shape index (κ2) is 10.2. The van der Waals surface area contributed by atoms with Crippen LogP contribution < -0.4 is 4.74 Å². The predicted octanol–water partition coefficient (Wildman–Crippen LogP) is 4.84. The molecule has 0 N–H and O–H groups in total. The molecule has 0 aromatic heterocycles. The Morgan fingerprint density at radius 1 is 1.03 bits per heavy atom. The molecule has 0 saturated carbocycles. The Hall–Kier alpha value is -1.80. The maximum Gasteiger partial charge on any atom is 0.253 e. The van der Waals surface area contributed by atoms with Crippen molar-refractivity contribution in [2.75, 3.05) is 27.2 Å². The van der Waals surface area contributed by atoms with Gasteiger partial charge in [0.15, 0.2) is 0 Å². The van der Waals surface area contributed by atoms with E-state index < -0.39 is 10.0 Å². The number of benzene rings is 2. The molecule has 1 saturated heterocycles. The van der Waals surface area contributed by atoms with Gasteiger partial charge in [0.25, 0.3) is 5.91 Å². The largest absolute Gasteiger partial charge is 0.495 e. The monoisotopic (exact) mass is 484 g/mol. The van der Waals surface area contributed by atoms with E-state index in [-0.39, 0.29) is 22.1 Å². The first-order valence-corrected chi connectivity index (χ1v) is 12.3. The van der Waals surface area contributed by atoms with Gasteiger partial charge in [-0.3, -0.25) is 4.79 Å². The van der Waals surface area contributed by atoms with E-state index in [9.17, 15) is 13.2 Å². The molecule has 1 fully saturated rings. The average Bonchev–Trinajstić information content (AvgIpc) is 3.05. The van der Waals surface area contributed by atoms with Crippen molar-refractivity contribution in [3.05, 3.63) is 57.6 Å². The van der Waals surface area contributed by atoms with Crippen molar-refractivity contribution in [2.45, 2.75) is 37.1 Å². The van der Waals surface area contributed by atoms with Gasteiger partial charge in [-0.25, -0.2) is 8.42 Å². The molecule has 0 radical (unpaired) electrons. The lowest BCUT2D eigenvalue weighted by Crippen LogP contribution is -2.32. The minimum atomic E-state index is -3.77. The molecule has 1 heterocycles. The normalized spacial score (nSPS) is 15.4. The van der Waals surface area contributed by atoms with Crippen LogP contribution in [0.4, 0.5) is 0 Å². The fraction of sp³-hybridized carbons (Fsp3) is 0.409. The Balaban J connectivity index is 1.88. The highest BCUT2D eigenvalue weighted by Gasteiger charge is 2.29. The highest BCUT2D eigenvalue weighted by Crippen LogP contribution is 2.30. The lowest BCUT2D eigenvalue weighted by molar-refractivity contribution is 0.0785. The summed E-state index contributed by atoms with van der Waals surface area (Å²) in [4.78, 5) is 14.6. The molecule has 2 aromatic rings. The molecular formula is C22H26Cl2N2O4S. The molecule has 6 nitrogen and oxygen atoms in total. The minimum absolute atomic E-state index is 0.0192. The number of sulfonamides is 1. The maximum atomic E-state index is 13.3. The van der Waals surface area contributed by atoms with Crippen molar-refractivity contribution in [1.29, 1.82) is 0 Å². The van der Waals surface area contributed by atoms with Gasteiger partial charge in [0, 0.05) is 32.2 Å². The Bertz CT molecular complexity index is 1050. The average molecular weight is 485 g/mol. The molecule has 168 valence electrons. The zero-order chi connectivity index (χ0) is 22.6. The Morgan fingerprint density at radius 2 is 1.71 bits per heavy atom. The number of carbonyl (C=O) groups excluding carboxylic acids is 1. The van der Waals surface area contributed by atoms with E-state index in [1.54, 1.807) is 31.3 Å². The molecule has 0 unspecified atom stereocenters. The zero-order valence-corrected chi connectivity index (χ0v) is 19.9. The summed E-state index contributed by atoms with van der Waals surface area (Å²) in [6.07, 6.45) is 3.68. The number of nitrogens with zero attached hydrogens (tertiary/aromatic N) is 2. The quantitative estimate of drug-likeness (QED) is 0.588. The molecule has 1 aliphatic rings. The van der Waals surface area contributed by atoms with E-state index in [1.165, 1.54) is 28.4 Å². The number of carbonyl (C=O) groups is 1. The SMILES string of the molecule is COc1ccc(C(=O)N(C)Cc2ccc(Cl)c(Cl)c2)cc1S(=O)(=O)N1CCCCCC1. The Morgan fingerprint density at radius 3 is 2.32 bits per heavy atom. The fourth-order valence-corrected chi connectivity index (χ4v) is 5.66. The molecule has 2 aromatic carbocycles. The van der Waals surface area contributed by atoms with Gasteiger partial charge >= 0.3 is 0 Å². The second-order valence-corrected chi connectivity index (χ2v) is 10.3. The van der Waals surface area contributed by atoms with Gasteiger partial charge in [0.05, 0.1) is 17.2 Å². The molecule has 1 aliphatic heterocycles. The van der Waals surface area contributed by atoms with E-state index in [0.717, 1.165) is 31.2 Å². The van der Waals surface area contributed by atoms with E-state index in [4.69, 9.17) is 27.9 Å². The van der Waals surface area contributed by atoms with Crippen molar-refractivity contribution in [1.82, 2.24) is 9.21 Å². The number of ether oxygens (including phenoxy) is 1. The number of amides is 1. The van der Waals surface area contributed by atoms with Gasteiger partial charge in [-0.1, -0.05) is 42.1 Å². The first-order valence-electron chi connectivity index (χ1n) is 10.1. The second-order valence-electron chi connectivity index (χ2n) is 7.59. The Labute approximate surface area is 193 Å². The van der Waals surface area contributed by atoms with Crippen LogP contribution in [0, 0.1) is 0 Å². The van der Waals surface area contributed by atoms with Crippen LogP contribution in [-0.4, -0.2) is 50.8 Å². The number of hydrogen-bond acceptors (Lipinski definition) is 4. The summed E-state index contributed by atoms with van der Waals surface area (Å²) in [7, 11) is -0.698. The summed E-state index contributed by atoms with van der Waals surface area (Å²) in [5.74, 6) is -0.0750. The molecule has 3 rings (SSSR count). The first-order chi connectivity index (χ1) is 14.7. The van der Waals surface area contributed by atoms with Crippen molar-refractivity contribution in [3.63, 3.8) is 0 Å². The number of halogens is 2. The van der Waals surface area contributed by atoms with Gasteiger partial charge in [-0.05, 0) is 48.7 Å². The zero-order valence-electron chi connectivity index (χ0n) is 17.6. The van der Waals surface area contributed by atoms with Crippen LogP contribution in [0.2, 0.25) is 10.0 Å². The van der Waals surface area contributed by atoms with Crippen LogP contribution in [0.25, 0.3) is 0 Å². The summed E-state index contributed by atoms with van der Waals surface area (Å²) in [6.45, 7) is 1.25. The van der Waals surface area contributed by atoms with Crippen molar-refractivity contribution in [3.8, 4) is 5.75 Å². The first kappa shape index (κ1) is 23.9. The van der Waals surface area contributed by atoms with Crippen molar-refractivity contribution >= 4 is 39.1 Å². The summed E-state index contributed by atoms with van der Waals surface area (Å²) >= 11 is 12.0. The lowest BCUT2D eigenvalue weighted by atomic mass is 10.1. The van der Waals surface area contributed by atoms with Crippen LogP contribution in [0.3, 0.4) is 0 Å². The summed E-state index contributed by atoms with van der Waals surface area (Å²) in [6, 6.07) is 9.70. The van der Waals surface area contributed by atoms with Crippen LogP contribution in [0.5, 0.6) is 5.75 Å². The number of rotatable bonds is 6. The molecule has 0 bridgehead atoms. The fourth-order valence-electron chi connectivity index (χ4n) is 3.64. The molecule has 9 heteroatoms. The molecule has 1 amide bonds. The molecule has 0 atom stereocenters. The van der Waals surface area contributed by atoms with Gasteiger partial charge < -0.3 is 9.64 Å². The third-order valence-corrected chi connectivity index (χ3v) is 8.00. The molecule has 0 aliphatic carbocycles. The highest BCUT2D eigenvalue weighted by atomic mass is 35.5. The van der Waals surface area contributed by atoms with E-state index in [0.29, 0.717) is 29.7 Å². The maximum absolute atomic E-state index is 13.3. The molecular weight excluding hydrogens is 459 g/mol. The van der Waals surface area contributed by atoms with Crippen molar-refractivity contribution in [2.24, 2.45) is 0 Å². The van der Waals surface area contributed by atoms with Gasteiger partial charge in [0.2, 0.25) is 10.0 Å². The predicted molar refractivity (Wildman–Crippen MR) is 122 cm³/mol. The third kappa shape index (κ3) is 5.52. The van der Waals surface area contributed by atoms with E-state index in [1.807, 2.05) is 0 Å². The van der Waals surface area contributed by atoms with Crippen LogP contribution in [0.1, 0.15) is 41.6 Å². The van der Waals surface area contributed by atoms with Crippen LogP contribution in [0.15, 0.2) is 41.3 Å². The van der Waals surface area contributed by atoms with E-state index >= 15 is 0 Å². The number of methoxy groups -OCH3 is 1. The topological polar surface area (TPSA) is 66.9 Å². The van der Waals surface area contributed by atoms with Crippen LogP contribution >= 0.6 is 23.2 Å². The minimum Gasteiger partial charge on any atom is -0.495 e. The van der Waals surface area contributed by atoms with Gasteiger partial charge in [0.1, 0.15) is 10.6 Å². The summed E-state index contributed by atoms with van der Waals surface area (Å²) < 4.78 is 33.4. The van der Waals surface area contributed by atoms with Gasteiger partial charge in [-0.2, -0.15) is 4.31 Å². The highest BCUT2D eigenvalue weighted by molar-refractivity contribution is 7.89. The lowest BCUT2D eigenvalue weighted by Gasteiger charge is -2.22.